The number of nitriles is 1. The van der Waals surface area contributed by atoms with Gasteiger partial charge in [0.2, 0.25) is 0 Å². The first kappa shape index (κ1) is 9.95. The fourth-order valence-corrected chi connectivity index (χ4v) is 2.69. The number of rotatable bonds is 3. The van der Waals surface area contributed by atoms with Crippen LogP contribution in [-0.2, 0) is 4.74 Å². The highest BCUT2D eigenvalue weighted by Gasteiger charge is 2.46. The van der Waals surface area contributed by atoms with Crippen molar-refractivity contribution >= 4 is 0 Å². The summed E-state index contributed by atoms with van der Waals surface area (Å²) in [6.07, 6.45) is 3.00. The van der Waals surface area contributed by atoms with Crippen molar-refractivity contribution in [1.82, 2.24) is 4.90 Å². The Balaban J connectivity index is 1.95. The first-order chi connectivity index (χ1) is 6.77. The van der Waals surface area contributed by atoms with E-state index in [2.05, 4.69) is 18.0 Å². The molecule has 0 N–H and O–H groups in total. The van der Waals surface area contributed by atoms with Crippen LogP contribution >= 0.6 is 0 Å². The second-order valence-electron chi connectivity index (χ2n) is 4.76. The molecule has 2 fully saturated rings. The summed E-state index contributed by atoms with van der Waals surface area (Å²) in [5, 5.41) is 8.64. The molecule has 2 saturated heterocycles. The number of hydrogen-bond acceptors (Lipinski definition) is 3. The maximum Gasteiger partial charge on any atom is 0.0621 e. The van der Waals surface area contributed by atoms with Gasteiger partial charge in [0.1, 0.15) is 0 Å². The molecule has 0 aliphatic carbocycles. The first-order valence-electron chi connectivity index (χ1n) is 5.40. The summed E-state index contributed by atoms with van der Waals surface area (Å²) < 4.78 is 5.36. The molecule has 2 heterocycles. The summed E-state index contributed by atoms with van der Waals surface area (Å²) in [6, 6.07) is 2.26. The van der Waals surface area contributed by atoms with Gasteiger partial charge in [0, 0.05) is 18.4 Å². The van der Waals surface area contributed by atoms with E-state index in [1.54, 1.807) is 0 Å². The lowest BCUT2D eigenvalue weighted by Gasteiger charge is -2.46. The fourth-order valence-electron chi connectivity index (χ4n) is 2.69. The molecule has 2 rings (SSSR count). The van der Waals surface area contributed by atoms with Gasteiger partial charge in [-0.05, 0) is 32.4 Å². The number of nitrogens with zero attached hydrogens (tertiary/aromatic N) is 2. The summed E-state index contributed by atoms with van der Waals surface area (Å²) in [7, 11) is 2.18. The van der Waals surface area contributed by atoms with Crippen molar-refractivity contribution in [3.05, 3.63) is 0 Å². The Labute approximate surface area is 85.6 Å². The molecule has 3 heteroatoms. The minimum Gasteiger partial charge on any atom is -0.380 e. The van der Waals surface area contributed by atoms with Crippen molar-refractivity contribution in [3.63, 3.8) is 0 Å². The monoisotopic (exact) mass is 194 g/mol. The van der Waals surface area contributed by atoms with E-state index in [0.29, 0.717) is 11.8 Å². The van der Waals surface area contributed by atoms with Crippen molar-refractivity contribution < 1.29 is 4.74 Å². The minimum atomic E-state index is 0.348. The molecule has 1 atom stereocenters. The van der Waals surface area contributed by atoms with Gasteiger partial charge in [-0.3, -0.25) is 0 Å². The third-order valence-corrected chi connectivity index (χ3v) is 3.77. The van der Waals surface area contributed by atoms with E-state index in [1.165, 1.54) is 19.5 Å². The van der Waals surface area contributed by atoms with Gasteiger partial charge in [-0.2, -0.15) is 5.26 Å². The normalized spacial score (nSPS) is 31.0. The van der Waals surface area contributed by atoms with E-state index < -0.39 is 0 Å². The highest BCUT2D eigenvalue weighted by Crippen LogP contribution is 2.44. The molecule has 0 radical (unpaired) electrons. The summed E-state index contributed by atoms with van der Waals surface area (Å²) >= 11 is 0. The van der Waals surface area contributed by atoms with Crippen LogP contribution in [0.3, 0.4) is 0 Å². The van der Waals surface area contributed by atoms with Crippen LogP contribution < -0.4 is 0 Å². The van der Waals surface area contributed by atoms with Gasteiger partial charge in [0.05, 0.1) is 19.3 Å². The Kier molecular flexibility index (Phi) is 2.76. The Bertz CT molecular complexity index is 242. The van der Waals surface area contributed by atoms with Crippen molar-refractivity contribution in [2.45, 2.75) is 19.3 Å². The van der Waals surface area contributed by atoms with E-state index in [9.17, 15) is 0 Å². The second-order valence-corrected chi connectivity index (χ2v) is 4.76. The van der Waals surface area contributed by atoms with Crippen molar-refractivity contribution in [2.24, 2.45) is 11.3 Å². The van der Waals surface area contributed by atoms with Gasteiger partial charge in [0.15, 0.2) is 0 Å². The lowest BCUT2D eigenvalue weighted by molar-refractivity contribution is -0.147. The molecule has 1 unspecified atom stereocenters. The van der Waals surface area contributed by atoms with Crippen molar-refractivity contribution in [3.8, 4) is 6.07 Å². The van der Waals surface area contributed by atoms with E-state index in [-0.39, 0.29) is 0 Å². The predicted octanol–water partition coefficient (Wildman–Crippen LogP) is 1.26. The predicted molar refractivity (Wildman–Crippen MR) is 53.7 cm³/mol. The molecule has 3 nitrogen and oxygen atoms in total. The Hall–Kier alpha value is -0.590. The lowest BCUT2D eigenvalue weighted by Crippen LogP contribution is -2.49. The van der Waals surface area contributed by atoms with Crippen LogP contribution in [0.2, 0.25) is 0 Å². The molecule has 0 aromatic rings. The van der Waals surface area contributed by atoms with E-state index >= 15 is 0 Å². The van der Waals surface area contributed by atoms with Crippen LogP contribution in [0.15, 0.2) is 0 Å². The second kappa shape index (κ2) is 3.88. The Morgan fingerprint density at radius 2 is 2.36 bits per heavy atom. The fraction of sp³-hybridized carbons (Fsp3) is 0.909. The molecule has 0 amide bonds. The van der Waals surface area contributed by atoms with E-state index in [4.69, 9.17) is 10.00 Å². The smallest absolute Gasteiger partial charge is 0.0621 e. The van der Waals surface area contributed by atoms with E-state index in [0.717, 1.165) is 25.6 Å². The molecule has 0 saturated carbocycles. The SMILES string of the molecule is CN1CCC(C2(CCC#N)COC2)C1. The standard InChI is InChI=1S/C11H18N2O/c1-13-6-3-10(7-13)11(4-2-5-12)8-14-9-11/h10H,2-4,6-9H2,1H3. The van der Waals surface area contributed by atoms with Crippen LogP contribution in [0.4, 0.5) is 0 Å². The van der Waals surface area contributed by atoms with Crippen LogP contribution in [-0.4, -0.2) is 38.3 Å². The van der Waals surface area contributed by atoms with Crippen molar-refractivity contribution in [1.29, 1.82) is 5.26 Å². The molecular weight excluding hydrogens is 176 g/mol. The maximum absolute atomic E-state index is 8.64. The van der Waals surface area contributed by atoms with Crippen LogP contribution in [0.5, 0.6) is 0 Å². The zero-order chi connectivity index (χ0) is 10.0. The van der Waals surface area contributed by atoms with Crippen LogP contribution in [0.25, 0.3) is 0 Å². The minimum absolute atomic E-state index is 0.348. The highest BCUT2D eigenvalue weighted by atomic mass is 16.5. The maximum atomic E-state index is 8.64. The average Bonchev–Trinajstić information content (AvgIpc) is 2.51. The van der Waals surface area contributed by atoms with Gasteiger partial charge in [-0.25, -0.2) is 0 Å². The molecule has 14 heavy (non-hydrogen) atoms. The average molecular weight is 194 g/mol. The third kappa shape index (κ3) is 1.65. The lowest BCUT2D eigenvalue weighted by atomic mass is 9.70. The Morgan fingerprint density at radius 3 is 2.79 bits per heavy atom. The Morgan fingerprint density at radius 1 is 1.57 bits per heavy atom. The third-order valence-electron chi connectivity index (χ3n) is 3.77. The summed E-state index contributed by atoms with van der Waals surface area (Å²) in [6.45, 7) is 4.16. The molecule has 2 aliphatic heterocycles. The number of likely N-dealkylation sites (tertiary alicyclic amines) is 1. The molecule has 0 aromatic heterocycles. The molecule has 0 aromatic carbocycles. The first-order valence-corrected chi connectivity index (χ1v) is 5.40. The van der Waals surface area contributed by atoms with Crippen LogP contribution in [0.1, 0.15) is 19.3 Å². The van der Waals surface area contributed by atoms with Crippen molar-refractivity contribution in [2.75, 3.05) is 33.4 Å². The van der Waals surface area contributed by atoms with Crippen LogP contribution in [0, 0.1) is 22.7 Å². The zero-order valence-corrected chi connectivity index (χ0v) is 8.83. The largest absolute Gasteiger partial charge is 0.380 e. The van der Waals surface area contributed by atoms with Gasteiger partial charge in [0.25, 0.3) is 0 Å². The topological polar surface area (TPSA) is 36.3 Å². The molecule has 78 valence electrons. The van der Waals surface area contributed by atoms with Gasteiger partial charge in [-0.15, -0.1) is 0 Å². The van der Waals surface area contributed by atoms with Gasteiger partial charge < -0.3 is 9.64 Å². The van der Waals surface area contributed by atoms with E-state index in [1.807, 2.05) is 0 Å². The highest BCUT2D eigenvalue weighted by molar-refractivity contribution is 4.97. The zero-order valence-electron chi connectivity index (χ0n) is 8.83. The summed E-state index contributed by atoms with van der Waals surface area (Å²) in [5.41, 5.74) is 0.348. The van der Waals surface area contributed by atoms with Gasteiger partial charge in [-0.1, -0.05) is 0 Å². The molecular formula is C11H18N2O. The molecule has 0 bridgehead atoms. The summed E-state index contributed by atoms with van der Waals surface area (Å²) in [4.78, 5) is 2.39. The quantitative estimate of drug-likeness (QED) is 0.678. The number of hydrogen-bond donors (Lipinski definition) is 0. The van der Waals surface area contributed by atoms with Gasteiger partial charge >= 0.3 is 0 Å². The summed E-state index contributed by atoms with van der Waals surface area (Å²) in [5.74, 6) is 0.759. The molecule has 2 aliphatic rings. The molecule has 0 spiro atoms. The number of ether oxygens (including phenoxy) is 1.